The van der Waals surface area contributed by atoms with E-state index in [4.69, 9.17) is 0 Å². The zero-order chi connectivity index (χ0) is 13.3. The molecule has 0 spiro atoms. The van der Waals surface area contributed by atoms with E-state index in [0.717, 1.165) is 30.9 Å². The molecule has 1 aliphatic rings. The number of benzene rings is 1. The fourth-order valence-electron chi connectivity index (χ4n) is 2.50. The number of nitro benzene ring substituents is 1. The van der Waals surface area contributed by atoms with E-state index < -0.39 is 0 Å². The molecule has 0 amide bonds. The largest absolute Gasteiger partial charge is 0.368 e. The number of hydrogen-bond acceptors (Lipinski definition) is 4. The molecule has 0 radical (unpaired) electrons. The minimum Gasteiger partial charge on any atom is -0.368 e. The van der Waals surface area contributed by atoms with Gasteiger partial charge in [0.1, 0.15) is 0 Å². The lowest BCUT2D eigenvalue weighted by molar-refractivity contribution is -0.385. The van der Waals surface area contributed by atoms with Gasteiger partial charge in [0.05, 0.1) is 10.5 Å². The van der Waals surface area contributed by atoms with Crippen molar-refractivity contribution in [2.45, 2.75) is 26.3 Å². The van der Waals surface area contributed by atoms with Gasteiger partial charge in [-0.3, -0.25) is 10.1 Å². The van der Waals surface area contributed by atoms with E-state index in [1.807, 2.05) is 13.0 Å². The molecule has 2 rings (SSSR count). The maximum Gasteiger partial charge on any atom is 0.274 e. The number of nitrogens with one attached hydrogen (secondary N) is 1. The lowest BCUT2D eigenvalue weighted by atomic mass is 10.0. The molecule has 1 aromatic rings. The van der Waals surface area contributed by atoms with Gasteiger partial charge in [-0.25, -0.2) is 0 Å². The van der Waals surface area contributed by atoms with Crippen LogP contribution in [0.2, 0.25) is 0 Å². The topological polar surface area (TPSA) is 58.4 Å². The summed E-state index contributed by atoms with van der Waals surface area (Å²) < 4.78 is 0. The van der Waals surface area contributed by atoms with Crippen molar-refractivity contribution in [1.29, 1.82) is 0 Å². The average Bonchev–Trinajstić information content (AvgIpc) is 2.27. The Morgan fingerprint density at radius 3 is 2.78 bits per heavy atom. The highest BCUT2D eigenvalue weighted by Gasteiger charge is 2.27. The van der Waals surface area contributed by atoms with Crippen molar-refractivity contribution in [3.8, 4) is 0 Å². The summed E-state index contributed by atoms with van der Waals surface area (Å²) in [5.74, 6) is 0. The minimum atomic E-state index is -0.313. The van der Waals surface area contributed by atoms with Crippen LogP contribution < -0.4 is 10.2 Å². The number of rotatable bonds is 2. The molecule has 0 atom stereocenters. The highest BCUT2D eigenvalue weighted by Crippen LogP contribution is 2.29. The normalized spacial score (nSPS) is 18.7. The molecule has 1 N–H and O–H groups in total. The third-order valence-electron chi connectivity index (χ3n) is 3.39. The van der Waals surface area contributed by atoms with Crippen LogP contribution in [0.15, 0.2) is 18.2 Å². The summed E-state index contributed by atoms with van der Waals surface area (Å²) in [6, 6.07) is 5.28. The van der Waals surface area contributed by atoms with E-state index in [0.29, 0.717) is 0 Å². The van der Waals surface area contributed by atoms with Crippen LogP contribution in [0, 0.1) is 17.0 Å². The predicted molar refractivity (Wildman–Crippen MR) is 72.1 cm³/mol. The second-order valence-electron chi connectivity index (χ2n) is 5.41. The maximum atomic E-state index is 11.0. The zero-order valence-corrected chi connectivity index (χ0v) is 11.1. The zero-order valence-electron chi connectivity index (χ0n) is 11.1. The van der Waals surface area contributed by atoms with Gasteiger partial charge in [-0.05, 0) is 26.8 Å². The maximum absolute atomic E-state index is 11.0. The standard InChI is InChI=1S/C13H19N3O2/c1-10-11(5-4-6-12(10)16(17)18)15-8-7-14-13(2,3)9-15/h4-6,14H,7-9H2,1-3H3. The fourth-order valence-corrected chi connectivity index (χ4v) is 2.50. The molecule has 0 unspecified atom stereocenters. The first-order chi connectivity index (χ1) is 8.41. The van der Waals surface area contributed by atoms with Crippen LogP contribution >= 0.6 is 0 Å². The number of nitrogens with zero attached hydrogens (tertiary/aromatic N) is 2. The number of piperazine rings is 1. The first-order valence-corrected chi connectivity index (χ1v) is 6.15. The van der Waals surface area contributed by atoms with E-state index in [1.54, 1.807) is 12.1 Å². The Balaban J connectivity index is 2.34. The second-order valence-corrected chi connectivity index (χ2v) is 5.41. The summed E-state index contributed by atoms with van der Waals surface area (Å²) in [7, 11) is 0. The minimum absolute atomic E-state index is 0.0370. The molecule has 98 valence electrons. The summed E-state index contributed by atoms with van der Waals surface area (Å²) in [4.78, 5) is 12.9. The lowest BCUT2D eigenvalue weighted by Crippen LogP contribution is -2.57. The van der Waals surface area contributed by atoms with Crippen molar-refractivity contribution >= 4 is 11.4 Å². The van der Waals surface area contributed by atoms with Crippen molar-refractivity contribution in [1.82, 2.24) is 5.32 Å². The third kappa shape index (κ3) is 2.46. The molecule has 5 nitrogen and oxygen atoms in total. The summed E-state index contributed by atoms with van der Waals surface area (Å²) in [6.45, 7) is 8.75. The predicted octanol–water partition coefficient (Wildman–Crippen LogP) is 2.09. The molecular weight excluding hydrogens is 230 g/mol. The van der Waals surface area contributed by atoms with Gasteiger partial charge in [0.25, 0.3) is 5.69 Å². The Labute approximate surface area is 107 Å². The molecule has 1 saturated heterocycles. The third-order valence-corrected chi connectivity index (χ3v) is 3.39. The summed E-state index contributed by atoms with van der Waals surface area (Å²) in [5, 5.41) is 14.4. The molecule has 1 aromatic carbocycles. The van der Waals surface area contributed by atoms with E-state index in [2.05, 4.69) is 24.1 Å². The van der Waals surface area contributed by atoms with Crippen molar-refractivity contribution in [2.75, 3.05) is 24.5 Å². The van der Waals surface area contributed by atoms with Gasteiger partial charge in [-0.15, -0.1) is 0 Å². The summed E-state index contributed by atoms with van der Waals surface area (Å²) in [6.07, 6.45) is 0. The van der Waals surface area contributed by atoms with Crippen LogP contribution in [0.4, 0.5) is 11.4 Å². The molecular formula is C13H19N3O2. The van der Waals surface area contributed by atoms with Crippen LogP contribution in [0.5, 0.6) is 0 Å². The average molecular weight is 249 g/mol. The number of nitro groups is 1. The molecule has 0 bridgehead atoms. The van der Waals surface area contributed by atoms with Gasteiger partial charge < -0.3 is 10.2 Å². The highest BCUT2D eigenvalue weighted by atomic mass is 16.6. The first-order valence-electron chi connectivity index (χ1n) is 6.15. The highest BCUT2D eigenvalue weighted by molar-refractivity contribution is 5.61. The quantitative estimate of drug-likeness (QED) is 0.644. The van der Waals surface area contributed by atoms with Crippen LogP contribution in [-0.4, -0.2) is 30.1 Å². The first kappa shape index (κ1) is 12.8. The van der Waals surface area contributed by atoms with Crippen molar-refractivity contribution in [3.05, 3.63) is 33.9 Å². The van der Waals surface area contributed by atoms with Gasteiger partial charge >= 0.3 is 0 Å². The smallest absolute Gasteiger partial charge is 0.274 e. The van der Waals surface area contributed by atoms with Gasteiger partial charge in [-0.1, -0.05) is 6.07 Å². The van der Waals surface area contributed by atoms with Gasteiger partial charge in [0, 0.05) is 36.9 Å². The molecule has 0 saturated carbocycles. The monoisotopic (exact) mass is 249 g/mol. The molecule has 1 aliphatic heterocycles. The Morgan fingerprint density at radius 2 is 2.17 bits per heavy atom. The molecule has 0 aliphatic carbocycles. The van der Waals surface area contributed by atoms with Crippen molar-refractivity contribution < 1.29 is 4.92 Å². The van der Waals surface area contributed by atoms with Gasteiger partial charge in [0.15, 0.2) is 0 Å². The van der Waals surface area contributed by atoms with E-state index in [9.17, 15) is 10.1 Å². The Bertz CT molecular complexity index is 471. The van der Waals surface area contributed by atoms with Crippen molar-refractivity contribution in [2.24, 2.45) is 0 Å². The number of hydrogen-bond donors (Lipinski definition) is 1. The fraction of sp³-hybridized carbons (Fsp3) is 0.538. The van der Waals surface area contributed by atoms with E-state index >= 15 is 0 Å². The molecule has 18 heavy (non-hydrogen) atoms. The molecule has 1 heterocycles. The lowest BCUT2D eigenvalue weighted by Gasteiger charge is -2.40. The van der Waals surface area contributed by atoms with Crippen LogP contribution in [-0.2, 0) is 0 Å². The van der Waals surface area contributed by atoms with Crippen LogP contribution in [0.3, 0.4) is 0 Å². The SMILES string of the molecule is Cc1c(N2CCNC(C)(C)C2)cccc1[N+](=O)[O-]. The Kier molecular flexibility index (Phi) is 3.26. The van der Waals surface area contributed by atoms with Gasteiger partial charge in [-0.2, -0.15) is 0 Å². The molecule has 0 aromatic heterocycles. The Morgan fingerprint density at radius 1 is 1.44 bits per heavy atom. The van der Waals surface area contributed by atoms with Crippen LogP contribution in [0.25, 0.3) is 0 Å². The molecule has 5 heteroatoms. The van der Waals surface area contributed by atoms with Crippen molar-refractivity contribution in [3.63, 3.8) is 0 Å². The van der Waals surface area contributed by atoms with E-state index in [-0.39, 0.29) is 16.1 Å². The Hall–Kier alpha value is -1.62. The van der Waals surface area contributed by atoms with E-state index in [1.165, 1.54) is 0 Å². The number of anilines is 1. The summed E-state index contributed by atoms with van der Waals surface area (Å²) >= 11 is 0. The van der Waals surface area contributed by atoms with Crippen LogP contribution in [0.1, 0.15) is 19.4 Å². The summed E-state index contributed by atoms with van der Waals surface area (Å²) in [5.41, 5.74) is 1.96. The van der Waals surface area contributed by atoms with Gasteiger partial charge in [0.2, 0.25) is 0 Å². The second kappa shape index (κ2) is 4.57. The molecule has 1 fully saturated rings.